The van der Waals surface area contributed by atoms with Crippen LogP contribution in [0.15, 0.2) is 21.8 Å². The van der Waals surface area contributed by atoms with Crippen molar-refractivity contribution < 1.29 is 0 Å². The van der Waals surface area contributed by atoms with Gasteiger partial charge in [0.2, 0.25) is 0 Å². The molecule has 0 atom stereocenters. The molecule has 0 amide bonds. The third kappa shape index (κ3) is 4.05. The number of hydrogen-bond donors (Lipinski definition) is 0. The van der Waals surface area contributed by atoms with E-state index >= 15 is 0 Å². The first-order chi connectivity index (χ1) is 6.47. The summed E-state index contributed by atoms with van der Waals surface area (Å²) in [4.78, 5) is 8.10. The molecule has 0 radical (unpaired) electrons. The smallest absolute Gasteiger partial charge is 0.113 e. The molecule has 0 unspecified atom stereocenters. The summed E-state index contributed by atoms with van der Waals surface area (Å²) >= 11 is 5.64. The van der Waals surface area contributed by atoms with E-state index in [1.54, 1.807) is 6.20 Å². The Morgan fingerprint density at radius 3 is 2.29 bits per heavy atom. The highest BCUT2D eigenvalue weighted by atomic mass is 35.5. The maximum atomic E-state index is 5.64. The highest BCUT2D eigenvalue weighted by Gasteiger charge is 2.21. The minimum atomic E-state index is 0.00141. The average molecular weight is 215 g/mol. The fraction of sp³-hybridized carbons (Fsp3) is 0.636. The molecule has 0 rings (SSSR count). The molecule has 0 spiro atoms. The molecule has 0 heterocycles. The number of aliphatic imine (C=N–C) groups is 2. The molecule has 0 saturated heterocycles. The van der Waals surface area contributed by atoms with Crippen LogP contribution in [-0.4, -0.2) is 18.4 Å². The van der Waals surface area contributed by atoms with Crippen LogP contribution in [0.5, 0.6) is 0 Å². The second kappa shape index (κ2) is 5.97. The summed E-state index contributed by atoms with van der Waals surface area (Å²) in [5.41, 5.74) is 2.12. The van der Waals surface area contributed by atoms with E-state index in [1.807, 2.05) is 0 Å². The predicted molar refractivity (Wildman–Crippen MR) is 65.5 cm³/mol. The van der Waals surface area contributed by atoms with Gasteiger partial charge in [0.05, 0.1) is 0 Å². The summed E-state index contributed by atoms with van der Waals surface area (Å²) in [5.74, 6) is 0. The van der Waals surface area contributed by atoms with Crippen LogP contribution in [0.1, 0.15) is 34.1 Å². The van der Waals surface area contributed by atoms with Crippen LogP contribution in [0.25, 0.3) is 0 Å². The molecule has 0 aliphatic rings. The summed E-state index contributed by atoms with van der Waals surface area (Å²) in [7, 11) is 0. The molecule has 80 valence electrons. The summed E-state index contributed by atoms with van der Waals surface area (Å²) in [6.45, 7) is 11.9. The lowest BCUT2D eigenvalue weighted by Crippen LogP contribution is -2.22. The van der Waals surface area contributed by atoms with Crippen molar-refractivity contribution in [1.29, 1.82) is 0 Å². The third-order valence-electron chi connectivity index (χ3n) is 1.86. The predicted octanol–water partition coefficient (Wildman–Crippen LogP) is 3.66. The quantitative estimate of drug-likeness (QED) is 0.388. The lowest BCUT2D eigenvalue weighted by atomic mass is 9.84. The molecule has 0 aromatic heterocycles. The number of hydrogen-bond acceptors (Lipinski definition) is 2. The van der Waals surface area contributed by atoms with Crippen molar-refractivity contribution in [3.05, 3.63) is 11.8 Å². The van der Waals surface area contributed by atoms with E-state index in [0.29, 0.717) is 6.00 Å². The number of halogens is 1. The van der Waals surface area contributed by atoms with Crippen molar-refractivity contribution in [3.8, 4) is 0 Å². The molecule has 0 saturated carbocycles. The minimum absolute atomic E-state index is 0.00141. The van der Waals surface area contributed by atoms with Gasteiger partial charge in [-0.25, -0.2) is 0 Å². The first kappa shape index (κ1) is 13.4. The SMILES string of the molecule is C=N/C=C(/CC)C(=NCCl)C(C)(C)C. The van der Waals surface area contributed by atoms with Crippen molar-refractivity contribution in [2.75, 3.05) is 6.00 Å². The molecular formula is C11H19ClN2. The fourth-order valence-corrected chi connectivity index (χ4v) is 1.43. The Balaban J connectivity index is 5.10. The van der Waals surface area contributed by atoms with Crippen molar-refractivity contribution in [1.82, 2.24) is 0 Å². The summed E-state index contributed by atoms with van der Waals surface area (Å²) in [6.07, 6.45) is 2.66. The fourth-order valence-electron chi connectivity index (χ4n) is 1.31. The normalized spacial score (nSPS) is 14.4. The van der Waals surface area contributed by atoms with Gasteiger partial charge in [-0.3, -0.25) is 9.98 Å². The number of rotatable bonds is 4. The number of alkyl halides is 1. The Morgan fingerprint density at radius 1 is 1.43 bits per heavy atom. The monoisotopic (exact) mass is 214 g/mol. The zero-order chi connectivity index (χ0) is 11.2. The van der Waals surface area contributed by atoms with Crippen LogP contribution in [-0.2, 0) is 0 Å². The molecular weight excluding hydrogens is 196 g/mol. The first-order valence-electron chi connectivity index (χ1n) is 4.73. The minimum Gasteiger partial charge on any atom is -0.273 e. The Labute approximate surface area is 91.8 Å². The van der Waals surface area contributed by atoms with E-state index < -0.39 is 0 Å². The number of nitrogens with zero attached hydrogens (tertiary/aromatic N) is 2. The zero-order valence-electron chi connectivity index (χ0n) is 9.47. The van der Waals surface area contributed by atoms with Crippen molar-refractivity contribution in [2.45, 2.75) is 34.1 Å². The van der Waals surface area contributed by atoms with E-state index in [0.717, 1.165) is 17.7 Å². The van der Waals surface area contributed by atoms with Gasteiger partial charge in [-0.2, -0.15) is 0 Å². The maximum absolute atomic E-state index is 5.64. The van der Waals surface area contributed by atoms with Gasteiger partial charge in [0, 0.05) is 17.3 Å². The summed E-state index contributed by atoms with van der Waals surface area (Å²) in [5, 5.41) is 0. The van der Waals surface area contributed by atoms with Crippen LogP contribution in [0.4, 0.5) is 0 Å². The molecule has 0 bridgehead atoms. The first-order valence-corrected chi connectivity index (χ1v) is 5.27. The molecule has 3 heteroatoms. The van der Waals surface area contributed by atoms with Crippen LogP contribution in [0, 0.1) is 5.41 Å². The van der Waals surface area contributed by atoms with Crippen LogP contribution >= 0.6 is 11.6 Å². The topological polar surface area (TPSA) is 24.7 Å². The Morgan fingerprint density at radius 2 is 2.00 bits per heavy atom. The average Bonchev–Trinajstić information content (AvgIpc) is 2.09. The van der Waals surface area contributed by atoms with Crippen molar-refractivity contribution in [3.63, 3.8) is 0 Å². The van der Waals surface area contributed by atoms with E-state index in [1.165, 1.54) is 0 Å². The summed E-state index contributed by atoms with van der Waals surface area (Å²) in [6, 6.07) is 0.293. The van der Waals surface area contributed by atoms with E-state index in [9.17, 15) is 0 Å². The Bertz CT molecular complexity index is 247. The highest BCUT2D eigenvalue weighted by molar-refractivity contribution is 6.19. The van der Waals surface area contributed by atoms with Gasteiger partial charge in [-0.1, -0.05) is 27.7 Å². The van der Waals surface area contributed by atoms with Gasteiger partial charge in [0.15, 0.2) is 0 Å². The molecule has 0 aromatic rings. The third-order valence-corrected chi connectivity index (χ3v) is 1.98. The maximum Gasteiger partial charge on any atom is 0.113 e. The van der Waals surface area contributed by atoms with Gasteiger partial charge in [-0.15, -0.1) is 11.6 Å². The van der Waals surface area contributed by atoms with Crippen LogP contribution in [0.2, 0.25) is 0 Å². The van der Waals surface area contributed by atoms with E-state index in [4.69, 9.17) is 11.6 Å². The van der Waals surface area contributed by atoms with Crippen LogP contribution < -0.4 is 0 Å². The van der Waals surface area contributed by atoms with Gasteiger partial charge < -0.3 is 0 Å². The van der Waals surface area contributed by atoms with Crippen LogP contribution in [0.3, 0.4) is 0 Å². The number of allylic oxidation sites excluding steroid dienone is 1. The standard InChI is InChI=1S/C11H19ClN2/c1-6-9(7-13-5)10(14-8-12)11(2,3)4/h7H,5-6,8H2,1-4H3/b9-7-,14-10?. The largest absolute Gasteiger partial charge is 0.273 e. The van der Waals surface area contributed by atoms with Gasteiger partial charge in [0.25, 0.3) is 0 Å². The molecule has 0 N–H and O–H groups in total. The molecule has 0 aliphatic heterocycles. The second-order valence-electron chi connectivity index (χ2n) is 4.07. The Hall–Kier alpha value is -0.630. The molecule has 0 aliphatic carbocycles. The highest BCUT2D eigenvalue weighted by Crippen LogP contribution is 2.23. The second-order valence-corrected chi connectivity index (χ2v) is 4.31. The van der Waals surface area contributed by atoms with Gasteiger partial charge >= 0.3 is 0 Å². The van der Waals surface area contributed by atoms with Crippen molar-refractivity contribution in [2.24, 2.45) is 15.4 Å². The van der Waals surface area contributed by atoms with Crippen molar-refractivity contribution >= 4 is 24.0 Å². The lowest BCUT2D eigenvalue weighted by Gasteiger charge is -2.23. The molecule has 0 aromatic carbocycles. The van der Waals surface area contributed by atoms with Gasteiger partial charge in [-0.05, 0) is 18.7 Å². The lowest BCUT2D eigenvalue weighted by molar-refractivity contribution is 0.587. The molecule has 0 fully saturated rings. The zero-order valence-corrected chi connectivity index (χ0v) is 10.2. The summed E-state index contributed by atoms with van der Waals surface area (Å²) < 4.78 is 0. The van der Waals surface area contributed by atoms with E-state index in [2.05, 4.69) is 44.4 Å². The molecule has 2 nitrogen and oxygen atoms in total. The van der Waals surface area contributed by atoms with Gasteiger partial charge in [0.1, 0.15) is 6.00 Å². The molecule has 14 heavy (non-hydrogen) atoms. The van der Waals surface area contributed by atoms with E-state index in [-0.39, 0.29) is 5.41 Å². The Kier molecular flexibility index (Phi) is 5.70.